The van der Waals surface area contributed by atoms with Crippen LogP contribution in [0.4, 0.5) is 0 Å². The molecule has 0 amide bonds. The predicted octanol–water partition coefficient (Wildman–Crippen LogP) is 3.70. The lowest BCUT2D eigenvalue weighted by molar-refractivity contribution is 0.470. The van der Waals surface area contributed by atoms with Crippen LogP contribution >= 0.6 is 11.8 Å². The number of hydrogen-bond acceptors (Lipinski definition) is 3. The number of rotatable bonds is 5. The van der Waals surface area contributed by atoms with E-state index in [1.54, 1.807) is 11.8 Å². The number of ether oxygens (including phenoxy) is 1. The smallest absolute Gasteiger partial charge is 0.140 e. The van der Waals surface area contributed by atoms with Gasteiger partial charge >= 0.3 is 0 Å². The Labute approximate surface area is 112 Å². The minimum absolute atomic E-state index is 0.658. The van der Waals surface area contributed by atoms with Gasteiger partial charge in [0.1, 0.15) is 11.5 Å². The maximum absolute atomic E-state index is 5.93. The van der Waals surface area contributed by atoms with Gasteiger partial charge in [0.15, 0.2) is 0 Å². The molecule has 0 heterocycles. The van der Waals surface area contributed by atoms with Crippen molar-refractivity contribution in [2.24, 2.45) is 5.73 Å². The highest BCUT2D eigenvalue weighted by atomic mass is 32.2. The first kappa shape index (κ1) is 13.0. The fraction of sp³-hybridized carbons (Fsp3) is 0.200. The Bertz CT molecular complexity index is 513. The summed E-state index contributed by atoms with van der Waals surface area (Å²) >= 11 is 1.68. The number of nitrogens with two attached hydrogens (primary N) is 1. The molecule has 0 aromatic heterocycles. The molecule has 0 bridgehead atoms. The summed E-state index contributed by atoms with van der Waals surface area (Å²) in [5, 5.41) is 0. The van der Waals surface area contributed by atoms with Crippen LogP contribution in [0.5, 0.6) is 11.5 Å². The molecule has 0 fully saturated rings. The Morgan fingerprint density at radius 3 is 2.72 bits per heavy atom. The van der Waals surface area contributed by atoms with Gasteiger partial charge in [-0.2, -0.15) is 0 Å². The minimum atomic E-state index is 0.658. The zero-order chi connectivity index (χ0) is 12.8. The molecule has 0 saturated carbocycles. The quantitative estimate of drug-likeness (QED) is 0.831. The summed E-state index contributed by atoms with van der Waals surface area (Å²) in [6.45, 7) is 0.658. The summed E-state index contributed by atoms with van der Waals surface area (Å²) in [6, 6.07) is 16.1. The van der Waals surface area contributed by atoms with Gasteiger partial charge in [0.25, 0.3) is 0 Å². The first-order chi connectivity index (χ1) is 8.83. The van der Waals surface area contributed by atoms with E-state index < -0.39 is 0 Å². The first-order valence-corrected chi connectivity index (χ1v) is 7.16. The van der Waals surface area contributed by atoms with E-state index in [0.29, 0.717) is 6.54 Å². The molecule has 2 N–H and O–H groups in total. The van der Waals surface area contributed by atoms with E-state index in [1.807, 2.05) is 42.7 Å². The zero-order valence-electron chi connectivity index (χ0n) is 10.4. The topological polar surface area (TPSA) is 35.2 Å². The number of hydrogen-bond donors (Lipinski definition) is 1. The Morgan fingerprint density at radius 1 is 1.11 bits per heavy atom. The predicted molar refractivity (Wildman–Crippen MR) is 77.5 cm³/mol. The van der Waals surface area contributed by atoms with Crippen molar-refractivity contribution in [3.63, 3.8) is 0 Å². The van der Waals surface area contributed by atoms with Gasteiger partial charge in [0.05, 0.1) is 0 Å². The van der Waals surface area contributed by atoms with Crippen LogP contribution in [0.3, 0.4) is 0 Å². The molecular formula is C15H17NOS. The molecule has 0 unspecified atom stereocenters. The van der Waals surface area contributed by atoms with Crippen LogP contribution in [0.1, 0.15) is 5.56 Å². The van der Waals surface area contributed by atoms with Crippen LogP contribution in [0.2, 0.25) is 0 Å². The van der Waals surface area contributed by atoms with Crippen LogP contribution in [0.15, 0.2) is 53.4 Å². The van der Waals surface area contributed by atoms with Crippen molar-refractivity contribution in [2.75, 3.05) is 12.8 Å². The van der Waals surface area contributed by atoms with Gasteiger partial charge < -0.3 is 10.5 Å². The summed E-state index contributed by atoms with van der Waals surface area (Å²) < 4.78 is 5.93. The van der Waals surface area contributed by atoms with Gasteiger partial charge in [0.2, 0.25) is 0 Å². The van der Waals surface area contributed by atoms with Gasteiger partial charge in [-0.15, -0.1) is 11.8 Å². The van der Waals surface area contributed by atoms with Crippen molar-refractivity contribution in [1.82, 2.24) is 0 Å². The molecule has 18 heavy (non-hydrogen) atoms. The highest BCUT2D eigenvalue weighted by molar-refractivity contribution is 7.98. The molecule has 0 saturated heterocycles. The number of thioether (sulfide) groups is 1. The summed E-state index contributed by atoms with van der Waals surface area (Å²) in [5.74, 6) is 1.76. The van der Waals surface area contributed by atoms with Crippen LogP contribution < -0.4 is 10.5 Å². The average Bonchev–Trinajstić information content (AvgIpc) is 2.40. The average molecular weight is 259 g/mol. The van der Waals surface area contributed by atoms with Crippen molar-refractivity contribution in [1.29, 1.82) is 0 Å². The fourth-order valence-corrected chi connectivity index (χ4v) is 2.29. The van der Waals surface area contributed by atoms with Crippen molar-refractivity contribution in [3.05, 3.63) is 54.1 Å². The Morgan fingerprint density at radius 2 is 1.94 bits per heavy atom. The standard InChI is InChI=1S/C15H17NOS/c1-18-15-8-3-2-7-14(15)17-13-6-4-5-12(11-13)9-10-16/h2-8,11H,9-10,16H2,1H3. The molecule has 0 aliphatic rings. The Hall–Kier alpha value is -1.45. The second-order valence-corrected chi connectivity index (χ2v) is 4.79. The van der Waals surface area contributed by atoms with Crippen LogP contribution in [-0.2, 0) is 6.42 Å². The van der Waals surface area contributed by atoms with Crippen LogP contribution in [0, 0.1) is 0 Å². The van der Waals surface area contributed by atoms with Crippen LogP contribution in [-0.4, -0.2) is 12.8 Å². The van der Waals surface area contributed by atoms with Crippen molar-refractivity contribution >= 4 is 11.8 Å². The Kier molecular flexibility index (Phi) is 4.67. The van der Waals surface area contributed by atoms with E-state index in [-0.39, 0.29) is 0 Å². The molecule has 2 nitrogen and oxygen atoms in total. The molecular weight excluding hydrogens is 242 g/mol. The van der Waals surface area contributed by atoms with Gasteiger partial charge in [-0.25, -0.2) is 0 Å². The van der Waals surface area contributed by atoms with E-state index >= 15 is 0 Å². The first-order valence-electron chi connectivity index (χ1n) is 5.93. The molecule has 2 aromatic rings. The molecule has 2 aromatic carbocycles. The summed E-state index contributed by atoms with van der Waals surface area (Å²) in [7, 11) is 0. The van der Waals surface area contributed by atoms with E-state index in [9.17, 15) is 0 Å². The van der Waals surface area contributed by atoms with E-state index in [4.69, 9.17) is 10.5 Å². The summed E-state index contributed by atoms with van der Waals surface area (Å²) in [4.78, 5) is 1.14. The SMILES string of the molecule is CSc1ccccc1Oc1cccc(CCN)c1. The number of benzene rings is 2. The van der Waals surface area contributed by atoms with Crippen molar-refractivity contribution < 1.29 is 4.74 Å². The maximum Gasteiger partial charge on any atom is 0.140 e. The molecule has 2 rings (SSSR count). The molecule has 0 atom stereocenters. The molecule has 0 aliphatic carbocycles. The highest BCUT2D eigenvalue weighted by Crippen LogP contribution is 2.31. The van der Waals surface area contributed by atoms with Gasteiger partial charge in [0, 0.05) is 4.90 Å². The third-order valence-electron chi connectivity index (χ3n) is 2.63. The largest absolute Gasteiger partial charge is 0.456 e. The minimum Gasteiger partial charge on any atom is -0.456 e. The van der Waals surface area contributed by atoms with E-state index in [0.717, 1.165) is 22.8 Å². The van der Waals surface area contributed by atoms with Gasteiger partial charge in [-0.3, -0.25) is 0 Å². The van der Waals surface area contributed by atoms with Crippen molar-refractivity contribution in [3.8, 4) is 11.5 Å². The summed E-state index contributed by atoms with van der Waals surface area (Å²) in [5.41, 5.74) is 6.77. The molecule has 94 valence electrons. The third-order valence-corrected chi connectivity index (χ3v) is 3.41. The van der Waals surface area contributed by atoms with Crippen molar-refractivity contribution in [2.45, 2.75) is 11.3 Å². The van der Waals surface area contributed by atoms with Crippen LogP contribution in [0.25, 0.3) is 0 Å². The Balaban J connectivity index is 2.20. The normalized spacial score (nSPS) is 10.3. The number of para-hydroxylation sites is 1. The molecule has 0 aliphatic heterocycles. The van der Waals surface area contributed by atoms with E-state index in [1.165, 1.54) is 5.56 Å². The second kappa shape index (κ2) is 6.47. The second-order valence-electron chi connectivity index (χ2n) is 3.94. The highest BCUT2D eigenvalue weighted by Gasteiger charge is 2.03. The van der Waals surface area contributed by atoms with E-state index in [2.05, 4.69) is 12.1 Å². The summed E-state index contributed by atoms with van der Waals surface area (Å²) in [6.07, 6.45) is 2.93. The zero-order valence-corrected chi connectivity index (χ0v) is 11.2. The van der Waals surface area contributed by atoms with Gasteiger partial charge in [-0.05, 0) is 49.1 Å². The molecule has 3 heteroatoms. The third kappa shape index (κ3) is 3.28. The molecule has 0 radical (unpaired) electrons. The molecule has 0 spiro atoms. The maximum atomic E-state index is 5.93. The fourth-order valence-electron chi connectivity index (χ4n) is 1.76. The van der Waals surface area contributed by atoms with Gasteiger partial charge in [-0.1, -0.05) is 24.3 Å². The lowest BCUT2D eigenvalue weighted by Crippen LogP contribution is -2.02. The lowest BCUT2D eigenvalue weighted by Gasteiger charge is -2.10. The monoisotopic (exact) mass is 259 g/mol. The lowest BCUT2D eigenvalue weighted by atomic mass is 10.1.